The predicted octanol–water partition coefficient (Wildman–Crippen LogP) is 4.82. The van der Waals surface area contributed by atoms with Crippen LogP contribution in [0.15, 0.2) is 53.5 Å². The summed E-state index contributed by atoms with van der Waals surface area (Å²) in [6, 6.07) is 9.59. The first-order valence-electron chi connectivity index (χ1n) is 8.96. The molecule has 2 aromatic carbocycles. The van der Waals surface area contributed by atoms with Crippen molar-refractivity contribution in [2.75, 3.05) is 11.9 Å². The number of anilines is 1. The molecule has 2 amide bonds. The van der Waals surface area contributed by atoms with Gasteiger partial charge < -0.3 is 5.32 Å². The summed E-state index contributed by atoms with van der Waals surface area (Å²) in [5, 5.41) is 1.93. The SMILES string of the molecule is CCN1C(=O)CC(C(=O)Nc2ccc(F)cc2)SC1=Nc1cccc(C(F)(F)F)c1. The van der Waals surface area contributed by atoms with Crippen LogP contribution in [0.3, 0.4) is 0 Å². The molecule has 158 valence electrons. The van der Waals surface area contributed by atoms with E-state index < -0.39 is 28.7 Å². The van der Waals surface area contributed by atoms with E-state index in [1.807, 2.05) is 0 Å². The Bertz CT molecular complexity index is 977. The third kappa shape index (κ3) is 5.18. The van der Waals surface area contributed by atoms with Crippen LogP contribution in [0.4, 0.5) is 28.9 Å². The van der Waals surface area contributed by atoms with E-state index in [2.05, 4.69) is 10.3 Å². The highest BCUT2D eigenvalue weighted by molar-refractivity contribution is 8.15. The summed E-state index contributed by atoms with van der Waals surface area (Å²) in [5.41, 5.74) is -0.466. The highest BCUT2D eigenvalue weighted by Gasteiger charge is 2.35. The number of nitrogens with zero attached hydrogens (tertiary/aromatic N) is 2. The van der Waals surface area contributed by atoms with Gasteiger partial charge in [-0.15, -0.1) is 0 Å². The molecule has 0 aliphatic carbocycles. The second-order valence-corrected chi connectivity index (χ2v) is 7.56. The molecule has 1 saturated heterocycles. The maximum Gasteiger partial charge on any atom is 0.416 e. The Kier molecular flexibility index (Phi) is 6.45. The number of halogens is 4. The van der Waals surface area contributed by atoms with Crippen LogP contribution in [0.25, 0.3) is 0 Å². The lowest BCUT2D eigenvalue weighted by Gasteiger charge is -2.31. The molecule has 1 N–H and O–H groups in total. The number of thioether (sulfide) groups is 1. The zero-order valence-corrected chi connectivity index (χ0v) is 16.6. The molecule has 2 aromatic rings. The van der Waals surface area contributed by atoms with Gasteiger partial charge in [0, 0.05) is 18.7 Å². The first-order valence-corrected chi connectivity index (χ1v) is 9.84. The van der Waals surface area contributed by atoms with Crippen LogP contribution >= 0.6 is 11.8 Å². The van der Waals surface area contributed by atoms with Crippen LogP contribution in [-0.4, -0.2) is 33.7 Å². The number of alkyl halides is 3. The number of carbonyl (C=O) groups is 2. The third-order valence-electron chi connectivity index (χ3n) is 4.26. The van der Waals surface area contributed by atoms with Gasteiger partial charge in [0.25, 0.3) is 0 Å². The summed E-state index contributed by atoms with van der Waals surface area (Å²) in [5.74, 6) is -1.29. The Balaban J connectivity index is 1.84. The minimum absolute atomic E-state index is 0.0261. The van der Waals surface area contributed by atoms with Crippen molar-refractivity contribution in [1.29, 1.82) is 0 Å². The molecule has 1 fully saturated rings. The third-order valence-corrected chi connectivity index (χ3v) is 5.45. The van der Waals surface area contributed by atoms with Gasteiger partial charge >= 0.3 is 6.18 Å². The Hall–Kier alpha value is -2.88. The van der Waals surface area contributed by atoms with E-state index in [4.69, 9.17) is 0 Å². The zero-order chi connectivity index (χ0) is 21.9. The monoisotopic (exact) mass is 439 g/mol. The van der Waals surface area contributed by atoms with Gasteiger partial charge in [0.05, 0.1) is 11.3 Å². The van der Waals surface area contributed by atoms with Gasteiger partial charge in [-0.05, 0) is 49.4 Å². The van der Waals surface area contributed by atoms with E-state index in [-0.39, 0.29) is 29.7 Å². The summed E-state index contributed by atoms with van der Waals surface area (Å²) in [7, 11) is 0. The Labute approximate surface area is 174 Å². The van der Waals surface area contributed by atoms with Crippen molar-refractivity contribution in [2.45, 2.75) is 24.8 Å². The second kappa shape index (κ2) is 8.86. The van der Waals surface area contributed by atoms with Gasteiger partial charge in [0.15, 0.2) is 5.17 Å². The van der Waals surface area contributed by atoms with Gasteiger partial charge in [-0.3, -0.25) is 14.5 Å². The van der Waals surface area contributed by atoms with Crippen molar-refractivity contribution < 1.29 is 27.2 Å². The molecule has 1 atom stereocenters. The van der Waals surface area contributed by atoms with Gasteiger partial charge in [-0.1, -0.05) is 17.8 Å². The second-order valence-electron chi connectivity index (χ2n) is 6.39. The van der Waals surface area contributed by atoms with Crippen LogP contribution in [0, 0.1) is 5.82 Å². The van der Waals surface area contributed by atoms with Crippen LogP contribution in [0.5, 0.6) is 0 Å². The van der Waals surface area contributed by atoms with Gasteiger partial charge in [0.1, 0.15) is 11.1 Å². The zero-order valence-electron chi connectivity index (χ0n) is 15.7. The van der Waals surface area contributed by atoms with Crippen molar-refractivity contribution in [1.82, 2.24) is 4.90 Å². The van der Waals surface area contributed by atoms with Crippen molar-refractivity contribution >= 4 is 40.1 Å². The normalized spacial score (nSPS) is 18.6. The highest BCUT2D eigenvalue weighted by Crippen LogP contribution is 2.33. The van der Waals surface area contributed by atoms with Crippen molar-refractivity contribution in [3.8, 4) is 0 Å². The lowest BCUT2D eigenvalue weighted by molar-refractivity contribution is -0.137. The number of hydrogen-bond acceptors (Lipinski definition) is 4. The maximum atomic E-state index is 13.0. The molecule has 5 nitrogen and oxygen atoms in total. The minimum atomic E-state index is -4.52. The average Bonchev–Trinajstić information content (AvgIpc) is 2.69. The lowest BCUT2D eigenvalue weighted by Crippen LogP contribution is -2.45. The molecule has 1 heterocycles. The fourth-order valence-corrected chi connectivity index (χ4v) is 3.93. The van der Waals surface area contributed by atoms with Crippen molar-refractivity contribution in [3.05, 3.63) is 59.9 Å². The Morgan fingerprint density at radius 2 is 1.93 bits per heavy atom. The van der Waals surface area contributed by atoms with Crippen LogP contribution in [0.2, 0.25) is 0 Å². The number of nitrogens with one attached hydrogen (secondary N) is 1. The molecule has 3 rings (SSSR count). The Morgan fingerprint density at radius 1 is 1.23 bits per heavy atom. The van der Waals surface area contributed by atoms with E-state index in [0.29, 0.717) is 5.69 Å². The fourth-order valence-electron chi connectivity index (χ4n) is 2.77. The molecule has 10 heteroatoms. The maximum absolute atomic E-state index is 13.0. The topological polar surface area (TPSA) is 61.8 Å². The standard InChI is InChI=1S/C20H17F4N3O2S/c1-2-27-17(28)11-16(18(29)25-14-8-6-13(21)7-9-14)30-19(27)26-15-5-3-4-12(10-15)20(22,23)24/h3-10,16H,2,11H2,1H3,(H,25,29). The van der Waals surface area contributed by atoms with Gasteiger partial charge in [0.2, 0.25) is 11.8 Å². The number of amides is 2. The minimum Gasteiger partial charge on any atom is -0.325 e. The molecule has 1 unspecified atom stereocenters. The number of rotatable bonds is 4. The van der Waals surface area contributed by atoms with E-state index >= 15 is 0 Å². The van der Waals surface area contributed by atoms with Crippen molar-refractivity contribution in [3.63, 3.8) is 0 Å². The average molecular weight is 439 g/mol. The molecule has 1 aliphatic heterocycles. The predicted molar refractivity (Wildman–Crippen MR) is 107 cm³/mol. The molecule has 30 heavy (non-hydrogen) atoms. The van der Waals surface area contributed by atoms with Crippen LogP contribution in [0.1, 0.15) is 18.9 Å². The van der Waals surface area contributed by atoms with E-state index in [0.717, 1.165) is 23.9 Å². The number of aliphatic imine (C=N–C) groups is 1. The lowest BCUT2D eigenvalue weighted by atomic mass is 10.2. The molecule has 0 spiro atoms. The molecule has 1 aliphatic rings. The van der Waals surface area contributed by atoms with E-state index in [9.17, 15) is 27.2 Å². The molecule has 0 radical (unpaired) electrons. The number of benzene rings is 2. The summed E-state index contributed by atoms with van der Waals surface area (Å²) in [6.45, 7) is 1.97. The number of carbonyl (C=O) groups excluding carboxylic acids is 2. The number of hydrogen-bond donors (Lipinski definition) is 1. The van der Waals surface area contributed by atoms with Crippen LogP contribution in [-0.2, 0) is 15.8 Å². The molecule has 0 bridgehead atoms. The summed E-state index contributed by atoms with van der Waals surface area (Å²) < 4.78 is 51.9. The molecule has 0 aromatic heterocycles. The van der Waals surface area contributed by atoms with Gasteiger partial charge in [-0.25, -0.2) is 9.38 Å². The molecular weight excluding hydrogens is 422 g/mol. The quantitative estimate of drug-likeness (QED) is 0.695. The summed E-state index contributed by atoms with van der Waals surface area (Å²) >= 11 is 0.994. The fraction of sp³-hybridized carbons (Fsp3) is 0.250. The highest BCUT2D eigenvalue weighted by atomic mass is 32.2. The largest absolute Gasteiger partial charge is 0.416 e. The Morgan fingerprint density at radius 3 is 2.57 bits per heavy atom. The first-order chi connectivity index (χ1) is 14.2. The summed E-state index contributed by atoms with van der Waals surface area (Å²) in [6.07, 6.45) is -4.61. The molecular formula is C20H17F4N3O2S. The summed E-state index contributed by atoms with van der Waals surface area (Å²) in [4.78, 5) is 30.6. The number of amidine groups is 1. The van der Waals surface area contributed by atoms with Gasteiger partial charge in [-0.2, -0.15) is 13.2 Å². The smallest absolute Gasteiger partial charge is 0.325 e. The van der Waals surface area contributed by atoms with Crippen LogP contribution < -0.4 is 5.32 Å². The van der Waals surface area contributed by atoms with E-state index in [1.165, 1.54) is 41.3 Å². The van der Waals surface area contributed by atoms with Crippen molar-refractivity contribution in [2.24, 2.45) is 4.99 Å². The van der Waals surface area contributed by atoms with E-state index in [1.54, 1.807) is 6.92 Å². The molecule has 0 saturated carbocycles. The first kappa shape index (κ1) is 21.8.